The Hall–Kier alpha value is -1.59. The van der Waals surface area contributed by atoms with Crippen LogP contribution in [0.15, 0.2) is 30.3 Å². The molecule has 0 bridgehead atoms. The molecule has 1 aliphatic rings. The zero-order valence-corrected chi connectivity index (χ0v) is 14.4. The lowest BCUT2D eigenvalue weighted by Crippen LogP contribution is -2.50. The highest BCUT2D eigenvalue weighted by atomic mass is 16.6. The third kappa shape index (κ3) is 6.20. The quantitative estimate of drug-likeness (QED) is 0.666. The molecular formula is C18H28N2O3. The summed E-state index contributed by atoms with van der Waals surface area (Å²) < 4.78 is 5.50. The summed E-state index contributed by atoms with van der Waals surface area (Å²) in [5.74, 6) is 0. The second-order valence-corrected chi connectivity index (χ2v) is 6.95. The Bertz CT molecular complexity index is 485. The van der Waals surface area contributed by atoms with Crippen LogP contribution in [-0.4, -0.2) is 35.7 Å². The lowest BCUT2D eigenvalue weighted by Gasteiger charge is -2.36. The largest absolute Gasteiger partial charge is 0.444 e. The predicted octanol–water partition coefficient (Wildman–Crippen LogP) is 3.50. The number of hydrogen-bond donors (Lipinski definition) is 1. The van der Waals surface area contributed by atoms with Crippen LogP contribution in [0, 0.1) is 0 Å². The fraction of sp³-hybridized carbons (Fsp3) is 0.611. The number of hydroxylamine groups is 1. The highest BCUT2D eigenvalue weighted by molar-refractivity contribution is 5.68. The average molecular weight is 320 g/mol. The maximum absolute atomic E-state index is 12.3. The van der Waals surface area contributed by atoms with Crippen molar-refractivity contribution in [2.45, 2.75) is 58.3 Å². The molecular weight excluding hydrogens is 292 g/mol. The normalized spacial score (nSPS) is 18.7. The Morgan fingerprint density at radius 3 is 2.70 bits per heavy atom. The van der Waals surface area contributed by atoms with Gasteiger partial charge in [-0.2, -0.15) is 0 Å². The van der Waals surface area contributed by atoms with E-state index in [1.807, 2.05) is 56.0 Å². The number of carbonyl (C=O) groups is 1. The molecule has 0 radical (unpaired) electrons. The van der Waals surface area contributed by atoms with Crippen LogP contribution in [0.3, 0.4) is 0 Å². The number of nitrogens with zero attached hydrogens (tertiary/aromatic N) is 1. The number of ether oxygens (including phenoxy) is 1. The molecule has 1 amide bonds. The Kier molecular flexibility index (Phi) is 6.42. The number of benzene rings is 1. The fourth-order valence-corrected chi connectivity index (χ4v) is 2.64. The van der Waals surface area contributed by atoms with Gasteiger partial charge in [-0.25, -0.2) is 10.3 Å². The third-order valence-electron chi connectivity index (χ3n) is 3.76. The molecule has 0 aromatic heterocycles. The molecule has 1 unspecified atom stereocenters. The summed E-state index contributed by atoms with van der Waals surface area (Å²) in [6.45, 7) is 7.56. The summed E-state index contributed by atoms with van der Waals surface area (Å²) >= 11 is 0. The van der Waals surface area contributed by atoms with Crippen molar-refractivity contribution in [1.82, 2.24) is 10.4 Å². The number of nitrogens with one attached hydrogen (secondary N) is 1. The number of piperidine rings is 1. The highest BCUT2D eigenvalue weighted by Gasteiger charge is 2.30. The Morgan fingerprint density at radius 1 is 1.26 bits per heavy atom. The first kappa shape index (κ1) is 17.8. The van der Waals surface area contributed by atoms with Crippen LogP contribution in [0.5, 0.6) is 0 Å². The minimum atomic E-state index is -0.462. The summed E-state index contributed by atoms with van der Waals surface area (Å²) in [7, 11) is 0. The molecule has 5 heteroatoms. The lowest BCUT2D eigenvalue weighted by atomic mass is 10.0. The van der Waals surface area contributed by atoms with Crippen molar-refractivity contribution in [2.24, 2.45) is 0 Å². The molecule has 1 fully saturated rings. The molecule has 128 valence electrons. The van der Waals surface area contributed by atoms with Gasteiger partial charge in [0.1, 0.15) is 5.60 Å². The molecule has 1 saturated heterocycles. The molecule has 1 aromatic rings. The van der Waals surface area contributed by atoms with E-state index in [-0.39, 0.29) is 12.1 Å². The third-order valence-corrected chi connectivity index (χ3v) is 3.76. The van der Waals surface area contributed by atoms with Crippen molar-refractivity contribution >= 4 is 6.09 Å². The van der Waals surface area contributed by atoms with Gasteiger partial charge in [-0.3, -0.25) is 4.84 Å². The van der Waals surface area contributed by atoms with Crippen molar-refractivity contribution in [3.8, 4) is 0 Å². The number of carbonyl (C=O) groups excluding carboxylic acids is 1. The molecule has 0 spiro atoms. The van der Waals surface area contributed by atoms with E-state index in [1.165, 1.54) is 0 Å². The van der Waals surface area contributed by atoms with Crippen molar-refractivity contribution in [1.29, 1.82) is 0 Å². The van der Waals surface area contributed by atoms with E-state index in [1.54, 1.807) is 0 Å². The summed E-state index contributed by atoms with van der Waals surface area (Å²) in [6.07, 6.45) is 2.90. The first-order valence-electron chi connectivity index (χ1n) is 8.34. The van der Waals surface area contributed by atoms with Crippen molar-refractivity contribution < 1.29 is 14.4 Å². The van der Waals surface area contributed by atoms with Crippen LogP contribution < -0.4 is 5.48 Å². The van der Waals surface area contributed by atoms with Crippen LogP contribution in [0.4, 0.5) is 4.79 Å². The Morgan fingerprint density at radius 2 is 2.00 bits per heavy atom. The van der Waals surface area contributed by atoms with E-state index >= 15 is 0 Å². The first-order chi connectivity index (χ1) is 11.0. The van der Waals surface area contributed by atoms with Crippen LogP contribution >= 0.6 is 0 Å². The van der Waals surface area contributed by atoms with Gasteiger partial charge in [-0.05, 0) is 45.6 Å². The van der Waals surface area contributed by atoms with Gasteiger partial charge in [0, 0.05) is 19.1 Å². The second kappa shape index (κ2) is 8.31. The van der Waals surface area contributed by atoms with Crippen LogP contribution in [0.1, 0.15) is 45.6 Å². The van der Waals surface area contributed by atoms with Gasteiger partial charge in [-0.1, -0.05) is 30.3 Å². The fourth-order valence-electron chi connectivity index (χ4n) is 2.64. The minimum Gasteiger partial charge on any atom is -0.444 e. The van der Waals surface area contributed by atoms with Gasteiger partial charge in [0.2, 0.25) is 0 Å². The standard InChI is InChI=1S/C18H28N2O3/c1-18(2,3)23-17(21)20-12-8-7-11-16(20)13-19-22-14-15-9-5-4-6-10-15/h4-6,9-10,16,19H,7-8,11-14H2,1-3H3. The summed E-state index contributed by atoms with van der Waals surface area (Å²) in [6, 6.07) is 10.1. The van der Waals surface area contributed by atoms with Gasteiger partial charge in [-0.15, -0.1) is 0 Å². The molecule has 1 N–H and O–H groups in total. The van der Waals surface area contributed by atoms with E-state index in [9.17, 15) is 4.79 Å². The second-order valence-electron chi connectivity index (χ2n) is 6.95. The van der Waals surface area contributed by atoms with Crippen LogP contribution in [0.25, 0.3) is 0 Å². The first-order valence-corrected chi connectivity index (χ1v) is 8.34. The summed E-state index contributed by atoms with van der Waals surface area (Å²) in [5, 5.41) is 0. The van der Waals surface area contributed by atoms with Gasteiger partial charge in [0.05, 0.1) is 6.61 Å². The van der Waals surface area contributed by atoms with E-state index in [0.29, 0.717) is 13.2 Å². The Balaban J connectivity index is 1.78. The number of rotatable bonds is 5. The number of amides is 1. The molecule has 0 aliphatic carbocycles. The molecule has 2 rings (SSSR count). The zero-order chi connectivity index (χ0) is 16.7. The lowest BCUT2D eigenvalue weighted by molar-refractivity contribution is -0.0119. The molecule has 1 aromatic carbocycles. The molecule has 1 aliphatic heterocycles. The van der Waals surface area contributed by atoms with Gasteiger partial charge in [0.15, 0.2) is 0 Å². The topological polar surface area (TPSA) is 50.8 Å². The Labute approximate surface area is 138 Å². The van der Waals surface area contributed by atoms with Crippen molar-refractivity contribution in [3.63, 3.8) is 0 Å². The minimum absolute atomic E-state index is 0.120. The van der Waals surface area contributed by atoms with E-state index in [0.717, 1.165) is 31.4 Å². The van der Waals surface area contributed by atoms with Crippen LogP contribution in [-0.2, 0) is 16.2 Å². The molecule has 0 saturated carbocycles. The van der Waals surface area contributed by atoms with Crippen LogP contribution in [0.2, 0.25) is 0 Å². The number of hydrogen-bond acceptors (Lipinski definition) is 4. The van der Waals surface area contributed by atoms with E-state index in [4.69, 9.17) is 9.57 Å². The number of likely N-dealkylation sites (tertiary alicyclic amines) is 1. The smallest absolute Gasteiger partial charge is 0.410 e. The summed E-state index contributed by atoms with van der Waals surface area (Å²) in [5.41, 5.74) is 3.66. The SMILES string of the molecule is CC(C)(C)OC(=O)N1CCCCC1CNOCc1ccccc1. The predicted molar refractivity (Wildman–Crippen MR) is 89.8 cm³/mol. The average Bonchev–Trinajstić information content (AvgIpc) is 2.51. The molecule has 1 heterocycles. The zero-order valence-electron chi connectivity index (χ0n) is 14.4. The van der Waals surface area contributed by atoms with Crippen molar-refractivity contribution in [2.75, 3.05) is 13.1 Å². The van der Waals surface area contributed by atoms with Gasteiger partial charge < -0.3 is 9.64 Å². The van der Waals surface area contributed by atoms with Gasteiger partial charge >= 0.3 is 6.09 Å². The maximum Gasteiger partial charge on any atom is 0.410 e. The van der Waals surface area contributed by atoms with E-state index in [2.05, 4.69) is 5.48 Å². The van der Waals surface area contributed by atoms with Gasteiger partial charge in [0.25, 0.3) is 0 Å². The monoisotopic (exact) mass is 320 g/mol. The van der Waals surface area contributed by atoms with E-state index < -0.39 is 5.60 Å². The maximum atomic E-state index is 12.3. The highest BCUT2D eigenvalue weighted by Crippen LogP contribution is 2.20. The molecule has 1 atom stereocenters. The summed E-state index contributed by atoms with van der Waals surface area (Å²) in [4.78, 5) is 19.7. The molecule has 23 heavy (non-hydrogen) atoms. The molecule has 5 nitrogen and oxygen atoms in total. The van der Waals surface area contributed by atoms with Crippen molar-refractivity contribution in [3.05, 3.63) is 35.9 Å².